The number of ether oxygens (including phenoxy) is 1. The molecular weight excluding hydrogens is 546 g/mol. The Morgan fingerprint density at radius 3 is 2.41 bits per heavy atom. The highest BCUT2D eigenvalue weighted by molar-refractivity contribution is 7.89. The predicted molar refractivity (Wildman–Crippen MR) is 149 cm³/mol. The summed E-state index contributed by atoms with van der Waals surface area (Å²) in [6.45, 7) is -0.334. The summed E-state index contributed by atoms with van der Waals surface area (Å²) in [5, 5.41) is 11.0. The highest BCUT2D eigenvalue weighted by Gasteiger charge is 2.34. The van der Waals surface area contributed by atoms with Crippen LogP contribution in [0.15, 0.2) is 114 Å². The van der Waals surface area contributed by atoms with Crippen molar-refractivity contribution in [2.24, 2.45) is 0 Å². The second-order valence-corrected chi connectivity index (χ2v) is 10.6. The van der Waals surface area contributed by atoms with E-state index in [1.54, 1.807) is 29.9 Å². The predicted octanol–water partition coefficient (Wildman–Crippen LogP) is 4.38. The molecule has 0 radical (unpaired) electrons. The van der Waals surface area contributed by atoms with Crippen molar-refractivity contribution in [2.45, 2.75) is 11.4 Å². The number of fused-ring (bicyclic) bond motifs is 1. The third-order valence-corrected chi connectivity index (χ3v) is 7.86. The molecule has 0 aliphatic carbocycles. The molecule has 0 aliphatic heterocycles. The third kappa shape index (κ3) is 6.06. The number of aromatic nitrogens is 2. The first kappa shape index (κ1) is 27.8. The van der Waals surface area contributed by atoms with Crippen LogP contribution in [-0.2, 0) is 21.4 Å². The fourth-order valence-corrected chi connectivity index (χ4v) is 5.44. The van der Waals surface area contributed by atoms with Crippen LogP contribution >= 0.6 is 0 Å². The summed E-state index contributed by atoms with van der Waals surface area (Å²) >= 11 is 0. The number of methoxy groups -OCH3 is 1. The number of carbonyl (C=O) groups excluding carboxylic acids is 1. The highest BCUT2D eigenvalue weighted by Crippen LogP contribution is 2.28. The van der Waals surface area contributed by atoms with Gasteiger partial charge in [0, 0.05) is 34.8 Å². The number of hydrogen-bond donors (Lipinski definition) is 2. The van der Waals surface area contributed by atoms with E-state index in [1.807, 2.05) is 42.5 Å². The minimum Gasteiger partial charge on any atom is -0.497 e. The van der Waals surface area contributed by atoms with Gasteiger partial charge in [-0.05, 0) is 47.5 Å². The molecule has 5 aromatic rings. The minimum absolute atomic E-state index is 0.0335. The van der Waals surface area contributed by atoms with Gasteiger partial charge in [-0.25, -0.2) is 13.2 Å². The molecule has 2 aromatic heterocycles. The molecule has 0 amide bonds. The average molecular weight is 572 g/mol. The highest BCUT2D eigenvalue weighted by atomic mass is 32.2. The van der Waals surface area contributed by atoms with E-state index in [-0.39, 0.29) is 17.0 Å². The number of hydrazine groups is 2. The largest absolute Gasteiger partial charge is 0.497 e. The second-order valence-electron chi connectivity index (χ2n) is 8.74. The van der Waals surface area contributed by atoms with E-state index in [9.17, 15) is 18.4 Å². The van der Waals surface area contributed by atoms with Gasteiger partial charge >= 0.3 is 5.97 Å². The Balaban J connectivity index is 1.46. The smallest absolute Gasteiger partial charge is 0.361 e. The molecule has 0 saturated heterocycles. The number of nitrogens with one attached hydrogen (secondary N) is 1. The zero-order chi connectivity index (χ0) is 28.8. The lowest BCUT2D eigenvalue weighted by atomic mass is 10.0. The monoisotopic (exact) mass is 571 g/mol. The van der Waals surface area contributed by atoms with Gasteiger partial charge in [0.15, 0.2) is 0 Å². The molecule has 0 fully saturated rings. The molecule has 0 atom stereocenters. The number of para-hydroxylation sites is 1. The molecule has 0 saturated carbocycles. The Morgan fingerprint density at radius 1 is 0.951 bits per heavy atom. The standard InChI is InChI=1S/C29H25N5O6S/c1-39-25-12-14-26(15-13-25)41(37,38)33(20-21-7-6-16-30-18-21)34(32-36)40-29(35)24-17-23-10-5-11-27(28(23)31-19-24)22-8-3-2-4-9-22/h2-19,32,36H,20H2,1H3. The van der Waals surface area contributed by atoms with Crippen LogP contribution in [0.4, 0.5) is 0 Å². The van der Waals surface area contributed by atoms with Crippen LogP contribution in [0, 0.1) is 0 Å². The van der Waals surface area contributed by atoms with Gasteiger partial charge in [0.25, 0.3) is 10.0 Å². The number of carbonyl (C=O) groups is 1. The molecule has 0 bridgehead atoms. The normalized spacial score (nSPS) is 11.6. The van der Waals surface area contributed by atoms with Gasteiger partial charge in [0.2, 0.25) is 0 Å². The van der Waals surface area contributed by atoms with Gasteiger partial charge in [-0.15, -0.1) is 0 Å². The first-order valence-electron chi connectivity index (χ1n) is 12.3. The number of rotatable bonds is 10. The Morgan fingerprint density at radius 2 is 1.73 bits per heavy atom. The maximum absolute atomic E-state index is 13.7. The second kappa shape index (κ2) is 12.2. The molecule has 5 rings (SSSR count). The van der Waals surface area contributed by atoms with Crippen molar-refractivity contribution in [1.29, 1.82) is 0 Å². The molecular formula is C29H25N5O6S. The maximum Gasteiger partial charge on any atom is 0.361 e. The molecule has 3 aromatic carbocycles. The SMILES string of the molecule is COc1ccc(S(=O)(=O)N(Cc2cccnc2)N(NO)OC(=O)c2cnc3c(-c4ccccc4)cccc3c2)cc1. The Hall–Kier alpha value is -4.72. The summed E-state index contributed by atoms with van der Waals surface area (Å²) in [6, 6.07) is 25.7. The van der Waals surface area contributed by atoms with E-state index in [1.165, 1.54) is 50.0 Å². The van der Waals surface area contributed by atoms with Crippen molar-refractivity contribution in [1.82, 2.24) is 25.3 Å². The number of nitrogens with zero attached hydrogens (tertiary/aromatic N) is 4. The zero-order valence-electron chi connectivity index (χ0n) is 21.8. The number of hydrogen-bond acceptors (Lipinski definition) is 10. The van der Waals surface area contributed by atoms with Crippen molar-refractivity contribution in [3.63, 3.8) is 0 Å². The molecule has 41 heavy (non-hydrogen) atoms. The topological polar surface area (TPSA) is 134 Å². The van der Waals surface area contributed by atoms with E-state index in [2.05, 4.69) is 9.97 Å². The lowest BCUT2D eigenvalue weighted by molar-refractivity contribution is -0.300. The van der Waals surface area contributed by atoms with Crippen LogP contribution in [-0.4, -0.2) is 46.4 Å². The molecule has 2 heterocycles. The Kier molecular flexibility index (Phi) is 8.29. The zero-order valence-corrected chi connectivity index (χ0v) is 22.6. The van der Waals surface area contributed by atoms with Gasteiger partial charge in [-0.3, -0.25) is 15.2 Å². The quantitative estimate of drug-likeness (QED) is 0.233. The van der Waals surface area contributed by atoms with Gasteiger partial charge in [-0.2, -0.15) is 0 Å². The van der Waals surface area contributed by atoms with Crippen LogP contribution in [0.3, 0.4) is 0 Å². The van der Waals surface area contributed by atoms with Gasteiger partial charge < -0.3 is 9.57 Å². The summed E-state index contributed by atoms with van der Waals surface area (Å²) in [7, 11) is -2.92. The molecule has 12 heteroatoms. The fraction of sp³-hybridized carbons (Fsp3) is 0.0690. The molecule has 208 valence electrons. The average Bonchev–Trinajstić information content (AvgIpc) is 3.02. The summed E-state index contributed by atoms with van der Waals surface area (Å²) in [6.07, 6.45) is 4.31. The van der Waals surface area contributed by atoms with Crippen LogP contribution < -0.4 is 10.3 Å². The Labute approximate surface area is 236 Å². The first-order valence-corrected chi connectivity index (χ1v) is 13.8. The van der Waals surface area contributed by atoms with Crippen molar-refractivity contribution >= 4 is 26.9 Å². The van der Waals surface area contributed by atoms with Crippen LogP contribution in [0.2, 0.25) is 0 Å². The molecule has 2 N–H and O–H groups in total. The van der Waals surface area contributed by atoms with Crippen molar-refractivity contribution < 1.29 is 28.0 Å². The molecule has 11 nitrogen and oxygen atoms in total. The Bertz CT molecular complexity index is 1750. The van der Waals surface area contributed by atoms with E-state index in [4.69, 9.17) is 9.57 Å². The fourth-order valence-electron chi connectivity index (χ4n) is 4.13. The van der Waals surface area contributed by atoms with Crippen molar-refractivity contribution in [2.75, 3.05) is 7.11 Å². The third-order valence-electron chi connectivity index (χ3n) is 6.16. The van der Waals surface area contributed by atoms with Crippen LogP contribution in [0.25, 0.3) is 22.0 Å². The van der Waals surface area contributed by atoms with Gasteiger partial charge in [0.1, 0.15) is 5.75 Å². The van der Waals surface area contributed by atoms with Crippen molar-refractivity contribution in [3.8, 4) is 16.9 Å². The van der Waals surface area contributed by atoms with Crippen LogP contribution in [0.1, 0.15) is 15.9 Å². The first-order chi connectivity index (χ1) is 19.9. The number of benzene rings is 3. The van der Waals surface area contributed by atoms with Gasteiger partial charge in [0.05, 0.1) is 29.6 Å². The maximum atomic E-state index is 13.7. The van der Waals surface area contributed by atoms with Crippen LogP contribution in [0.5, 0.6) is 5.75 Å². The molecule has 0 aliphatic rings. The summed E-state index contributed by atoms with van der Waals surface area (Å²) < 4.78 is 33.1. The van der Waals surface area contributed by atoms with E-state index >= 15 is 0 Å². The lowest BCUT2D eigenvalue weighted by Gasteiger charge is -2.30. The summed E-state index contributed by atoms with van der Waals surface area (Å²) in [4.78, 5) is 26.9. The lowest BCUT2D eigenvalue weighted by Crippen LogP contribution is -2.52. The number of pyridine rings is 2. The molecule has 0 unspecified atom stereocenters. The number of sulfonamides is 1. The van der Waals surface area contributed by atoms with Gasteiger partial charge in [-0.1, -0.05) is 64.6 Å². The van der Waals surface area contributed by atoms with E-state index < -0.39 is 16.0 Å². The summed E-state index contributed by atoms with van der Waals surface area (Å²) in [5.74, 6) is -0.516. The minimum atomic E-state index is -4.37. The van der Waals surface area contributed by atoms with E-state index in [0.29, 0.717) is 31.9 Å². The summed E-state index contributed by atoms with van der Waals surface area (Å²) in [5.41, 5.74) is 4.68. The van der Waals surface area contributed by atoms with E-state index in [0.717, 1.165) is 11.1 Å². The molecule has 0 spiro atoms. The van der Waals surface area contributed by atoms with Crippen molar-refractivity contribution in [3.05, 3.63) is 121 Å².